The molecule has 70 valence electrons. The van der Waals surface area contributed by atoms with E-state index in [1.165, 1.54) is 32.2 Å². The van der Waals surface area contributed by atoms with Gasteiger partial charge in [-0.15, -0.1) is 0 Å². The van der Waals surface area contributed by atoms with Crippen LogP contribution in [-0.2, 0) is 4.74 Å². The van der Waals surface area contributed by atoms with Gasteiger partial charge in [-0.3, -0.25) is 0 Å². The van der Waals surface area contributed by atoms with Crippen LogP contribution in [0, 0.1) is 5.41 Å². The average molecular weight is 169 g/mol. The molecule has 1 saturated carbocycles. The first-order chi connectivity index (χ1) is 5.76. The van der Waals surface area contributed by atoms with Crippen molar-refractivity contribution in [2.45, 2.75) is 31.7 Å². The van der Waals surface area contributed by atoms with Crippen LogP contribution in [0.4, 0.5) is 0 Å². The molecule has 0 aromatic heterocycles. The van der Waals surface area contributed by atoms with Crippen LogP contribution in [0.2, 0.25) is 0 Å². The SMILES string of the molecule is COCC12CCC(C1)N(C)CC2. The predicted octanol–water partition coefficient (Wildman–Crippen LogP) is 1.51. The Bertz CT molecular complexity index is 171. The molecule has 1 saturated heterocycles. The Morgan fingerprint density at radius 2 is 2.33 bits per heavy atom. The fourth-order valence-corrected chi connectivity index (χ4v) is 2.89. The van der Waals surface area contributed by atoms with Crippen LogP contribution < -0.4 is 0 Å². The molecule has 1 aliphatic carbocycles. The highest BCUT2D eigenvalue weighted by atomic mass is 16.5. The lowest BCUT2D eigenvalue weighted by Gasteiger charge is -2.37. The van der Waals surface area contributed by atoms with Gasteiger partial charge in [0.2, 0.25) is 0 Å². The van der Waals surface area contributed by atoms with Crippen molar-refractivity contribution >= 4 is 0 Å². The fourth-order valence-electron chi connectivity index (χ4n) is 2.89. The van der Waals surface area contributed by atoms with E-state index in [-0.39, 0.29) is 0 Å². The van der Waals surface area contributed by atoms with Crippen LogP contribution >= 0.6 is 0 Å². The summed E-state index contributed by atoms with van der Waals surface area (Å²) in [4.78, 5) is 2.51. The van der Waals surface area contributed by atoms with Gasteiger partial charge in [-0.1, -0.05) is 0 Å². The maximum absolute atomic E-state index is 5.32. The summed E-state index contributed by atoms with van der Waals surface area (Å²) in [5.41, 5.74) is 0.561. The van der Waals surface area contributed by atoms with Crippen molar-refractivity contribution in [1.29, 1.82) is 0 Å². The largest absolute Gasteiger partial charge is 0.384 e. The van der Waals surface area contributed by atoms with Gasteiger partial charge < -0.3 is 9.64 Å². The van der Waals surface area contributed by atoms with Gasteiger partial charge >= 0.3 is 0 Å². The molecule has 0 N–H and O–H groups in total. The number of piperidine rings is 1. The van der Waals surface area contributed by atoms with E-state index >= 15 is 0 Å². The number of fused-ring (bicyclic) bond motifs is 2. The van der Waals surface area contributed by atoms with Crippen LogP contribution in [0.15, 0.2) is 0 Å². The lowest BCUT2D eigenvalue weighted by molar-refractivity contribution is 0.0403. The molecular weight excluding hydrogens is 150 g/mol. The minimum atomic E-state index is 0.561. The number of hydrogen-bond donors (Lipinski definition) is 0. The molecule has 2 heteroatoms. The molecular formula is C10H19NO. The van der Waals surface area contributed by atoms with Crippen molar-refractivity contribution in [2.24, 2.45) is 5.41 Å². The summed E-state index contributed by atoms with van der Waals surface area (Å²) in [7, 11) is 4.09. The maximum Gasteiger partial charge on any atom is 0.0519 e. The molecule has 2 atom stereocenters. The molecule has 0 spiro atoms. The number of methoxy groups -OCH3 is 1. The summed E-state index contributed by atoms with van der Waals surface area (Å²) in [5, 5.41) is 0. The molecule has 2 fully saturated rings. The topological polar surface area (TPSA) is 12.5 Å². The number of rotatable bonds is 2. The van der Waals surface area contributed by atoms with Gasteiger partial charge in [0, 0.05) is 13.2 Å². The van der Waals surface area contributed by atoms with Crippen molar-refractivity contribution in [3.05, 3.63) is 0 Å². The van der Waals surface area contributed by atoms with E-state index in [0.29, 0.717) is 5.41 Å². The van der Waals surface area contributed by atoms with Gasteiger partial charge in [0.25, 0.3) is 0 Å². The average Bonchev–Trinajstić information content (AvgIpc) is 2.41. The predicted molar refractivity (Wildman–Crippen MR) is 49.2 cm³/mol. The highest BCUT2D eigenvalue weighted by Crippen LogP contribution is 2.46. The van der Waals surface area contributed by atoms with E-state index in [0.717, 1.165) is 12.6 Å². The van der Waals surface area contributed by atoms with Crippen LogP contribution in [0.25, 0.3) is 0 Å². The van der Waals surface area contributed by atoms with Crippen LogP contribution in [0.1, 0.15) is 25.7 Å². The smallest absolute Gasteiger partial charge is 0.0519 e. The lowest BCUT2D eigenvalue weighted by Crippen LogP contribution is -2.40. The third-order valence-electron chi connectivity index (χ3n) is 3.75. The maximum atomic E-state index is 5.32. The van der Waals surface area contributed by atoms with E-state index in [1.54, 1.807) is 0 Å². The Kier molecular flexibility index (Phi) is 2.13. The first kappa shape index (κ1) is 8.52. The van der Waals surface area contributed by atoms with Gasteiger partial charge in [0.05, 0.1) is 6.61 Å². The first-order valence-corrected chi connectivity index (χ1v) is 4.95. The number of ether oxygens (including phenoxy) is 1. The Hall–Kier alpha value is -0.0800. The van der Waals surface area contributed by atoms with Crippen molar-refractivity contribution < 1.29 is 4.74 Å². The van der Waals surface area contributed by atoms with E-state index in [9.17, 15) is 0 Å². The molecule has 1 heterocycles. The van der Waals surface area contributed by atoms with Crippen LogP contribution in [-0.4, -0.2) is 38.3 Å². The second-order valence-corrected chi connectivity index (χ2v) is 4.56. The zero-order valence-electron chi connectivity index (χ0n) is 8.18. The normalized spacial score (nSPS) is 42.0. The molecule has 12 heavy (non-hydrogen) atoms. The van der Waals surface area contributed by atoms with Crippen molar-refractivity contribution in [3.8, 4) is 0 Å². The second-order valence-electron chi connectivity index (χ2n) is 4.56. The van der Waals surface area contributed by atoms with E-state index < -0.39 is 0 Å². The van der Waals surface area contributed by atoms with Gasteiger partial charge in [0.1, 0.15) is 0 Å². The Balaban J connectivity index is 2.03. The van der Waals surface area contributed by atoms with Gasteiger partial charge in [0.15, 0.2) is 0 Å². The second kappa shape index (κ2) is 3.00. The van der Waals surface area contributed by atoms with Crippen LogP contribution in [0.3, 0.4) is 0 Å². The minimum absolute atomic E-state index is 0.561. The monoisotopic (exact) mass is 169 g/mol. The molecule has 2 nitrogen and oxygen atoms in total. The Morgan fingerprint density at radius 1 is 1.50 bits per heavy atom. The molecule has 2 rings (SSSR count). The molecule has 2 aliphatic rings. The number of hydrogen-bond acceptors (Lipinski definition) is 2. The zero-order chi connectivity index (χ0) is 8.60. The quantitative estimate of drug-likeness (QED) is 0.621. The van der Waals surface area contributed by atoms with Crippen molar-refractivity contribution in [2.75, 3.05) is 27.3 Å². The van der Waals surface area contributed by atoms with E-state index in [4.69, 9.17) is 4.74 Å². The number of likely N-dealkylation sites (tertiary alicyclic amines) is 1. The van der Waals surface area contributed by atoms with Gasteiger partial charge in [-0.05, 0) is 44.7 Å². The van der Waals surface area contributed by atoms with Gasteiger partial charge in [-0.2, -0.15) is 0 Å². The molecule has 0 radical (unpaired) electrons. The summed E-state index contributed by atoms with van der Waals surface area (Å²) in [6.45, 7) is 2.26. The standard InChI is InChI=1S/C10H19NO/c1-11-6-5-10(8-12-2)4-3-9(11)7-10/h9H,3-8H2,1-2H3. The first-order valence-electron chi connectivity index (χ1n) is 4.95. The summed E-state index contributed by atoms with van der Waals surface area (Å²) >= 11 is 0. The van der Waals surface area contributed by atoms with Gasteiger partial charge in [-0.25, -0.2) is 0 Å². The Labute approximate surface area is 74.9 Å². The van der Waals surface area contributed by atoms with Crippen LogP contribution in [0.5, 0.6) is 0 Å². The van der Waals surface area contributed by atoms with E-state index in [2.05, 4.69) is 11.9 Å². The number of nitrogens with zero attached hydrogens (tertiary/aromatic N) is 1. The molecule has 2 unspecified atom stereocenters. The third kappa shape index (κ3) is 1.27. The zero-order valence-corrected chi connectivity index (χ0v) is 8.18. The molecule has 0 amide bonds. The molecule has 1 aliphatic heterocycles. The highest BCUT2D eigenvalue weighted by Gasteiger charge is 2.43. The molecule has 0 aromatic carbocycles. The fraction of sp³-hybridized carbons (Fsp3) is 1.00. The summed E-state index contributed by atoms with van der Waals surface area (Å²) in [6, 6.07) is 0.855. The van der Waals surface area contributed by atoms with Crippen molar-refractivity contribution in [1.82, 2.24) is 4.90 Å². The highest BCUT2D eigenvalue weighted by molar-refractivity contribution is 4.97. The summed E-state index contributed by atoms with van der Waals surface area (Å²) in [5.74, 6) is 0. The summed E-state index contributed by atoms with van der Waals surface area (Å²) < 4.78 is 5.32. The minimum Gasteiger partial charge on any atom is -0.384 e. The van der Waals surface area contributed by atoms with Crippen molar-refractivity contribution in [3.63, 3.8) is 0 Å². The third-order valence-corrected chi connectivity index (χ3v) is 3.75. The lowest BCUT2D eigenvalue weighted by atomic mass is 9.81. The Morgan fingerprint density at radius 3 is 3.08 bits per heavy atom. The molecule has 2 bridgehead atoms. The van der Waals surface area contributed by atoms with E-state index in [1.807, 2.05) is 7.11 Å². The molecule has 0 aromatic rings. The summed E-state index contributed by atoms with van der Waals surface area (Å²) in [6.07, 6.45) is 5.49.